The Balaban J connectivity index is 1.98. The first kappa shape index (κ1) is 19.2. The Bertz CT molecular complexity index is 818. The van der Waals surface area contributed by atoms with Crippen molar-refractivity contribution in [2.75, 3.05) is 12.8 Å². The van der Waals surface area contributed by atoms with E-state index in [0.717, 1.165) is 18.2 Å². The highest BCUT2D eigenvalue weighted by Gasteiger charge is 2.17. The molecule has 0 saturated heterocycles. The third-order valence-electron chi connectivity index (χ3n) is 3.91. The minimum absolute atomic E-state index is 0.0747. The van der Waals surface area contributed by atoms with Gasteiger partial charge >= 0.3 is 0 Å². The zero-order valence-electron chi connectivity index (χ0n) is 14.2. The lowest BCUT2D eigenvalue weighted by atomic mass is 10.1. The third-order valence-corrected chi connectivity index (χ3v) is 5.03. The van der Waals surface area contributed by atoms with Gasteiger partial charge in [0.25, 0.3) is 0 Å². The molecule has 2 unspecified atom stereocenters. The highest BCUT2D eigenvalue weighted by molar-refractivity contribution is 7.90. The molecule has 2 atom stereocenters. The Labute approximate surface area is 147 Å². The molecule has 6 nitrogen and oxygen atoms in total. The van der Waals surface area contributed by atoms with Crippen molar-refractivity contribution in [3.63, 3.8) is 0 Å². The molecule has 25 heavy (non-hydrogen) atoms. The first-order chi connectivity index (χ1) is 11.7. The number of phenolic OH excluding ortho intramolecular Hbond substituents is 2. The maximum absolute atomic E-state index is 11.6. The van der Waals surface area contributed by atoms with Gasteiger partial charge < -0.3 is 20.6 Å². The summed E-state index contributed by atoms with van der Waals surface area (Å²) >= 11 is 0. The summed E-state index contributed by atoms with van der Waals surface area (Å²) in [7, 11) is -3.57. The number of sulfone groups is 1. The number of aliphatic hydroxyl groups is 1. The molecule has 0 bridgehead atoms. The van der Waals surface area contributed by atoms with Crippen molar-refractivity contribution in [3.05, 3.63) is 53.6 Å². The highest BCUT2D eigenvalue weighted by atomic mass is 32.2. The van der Waals surface area contributed by atoms with Crippen LogP contribution >= 0.6 is 0 Å². The summed E-state index contributed by atoms with van der Waals surface area (Å²) in [6.07, 6.45) is 0.830. The van der Waals surface area contributed by atoms with E-state index in [-0.39, 0.29) is 29.0 Å². The van der Waals surface area contributed by atoms with Crippen LogP contribution in [0.5, 0.6) is 11.5 Å². The monoisotopic (exact) mass is 365 g/mol. The number of aliphatic hydroxyl groups excluding tert-OH is 1. The molecule has 2 aromatic rings. The summed E-state index contributed by atoms with van der Waals surface area (Å²) in [5.41, 5.74) is 1.47. The first-order valence-electron chi connectivity index (χ1n) is 7.89. The topological polar surface area (TPSA) is 107 Å². The Hall–Kier alpha value is -2.09. The molecule has 0 heterocycles. The van der Waals surface area contributed by atoms with Crippen LogP contribution in [-0.2, 0) is 16.3 Å². The van der Waals surface area contributed by atoms with Crippen molar-refractivity contribution < 1.29 is 23.7 Å². The van der Waals surface area contributed by atoms with Gasteiger partial charge in [0.15, 0.2) is 9.84 Å². The van der Waals surface area contributed by atoms with Gasteiger partial charge in [-0.2, -0.15) is 0 Å². The van der Waals surface area contributed by atoms with Gasteiger partial charge in [-0.05, 0) is 48.7 Å². The Morgan fingerprint density at radius 3 is 2.32 bits per heavy atom. The maximum atomic E-state index is 11.6. The van der Waals surface area contributed by atoms with E-state index in [1.807, 2.05) is 19.1 Å². The van der Waals surface area contributed by atoms with Crippen LogP contribution in [0.4, 0.5) is 0 Å². The molecule has 2 aromatic carbocycles. The van der Waals surface area contributed by atoms with E-state index in [2.05, 4.69) is 5.32 Å². The number of aromatic hydroxyl groups is 2. The van der Waals surface area contributed by atoms with Gasteiger partial charge in [0.05, 0.1) is 6.10 Å². The second kappa shape index (κ2) is 7.86. The fourth-order valence-electron chi connectivity index (χ4n) is 2.52. The van der Waals surface area contributed by atoms with Crippen LogP contribution in [0.15, 0.2) is 47.4 Å². The van der Waals surface area contributed by atoms with E-state index in [1.54, 1.807) is 12.1 Å². The quantitative estimate of drug-likeness (QED) is 0.596. The fourth-order valence-corrected chi connectivity index (χ4v) is 3.32. The molecule has 0 aliphatic rings. The molecule has 0 radical (unpaired) electrons. The predicted octanol–water partition coefficient (Wildman–Crippen LogP) is 1.76. The lowest BCUT2D eigenvalue weighted by molar-refractivity contribution is 0.170. The van der Waals surface area contributed by atoms with E-state index in [1.165, 1.54) is 18.2 Å². The molecule has 0 amide bonds. The zero-order valence-corrected chi connectivity index (χ0v) is 15.0. The van der Waals surface area contributed by atoms with Crippen LogP contribution in [0.2, 0.25) is 0 Å². The van der Waals surface area contributed by atoms with Gasteiger partial charge in [0.2, 0.25) is 0 Å². The molecule has 0 aliphatic heterocycles. The van der Waals surface area contributed by atoms with Crippen molar-refractivity contribution >= 4 is 9.84 Å². The second-order valence-electron chi connectivity index (χ2n) is 6.19. The molecular formula is C18H23NO5S. The summed E-state index contributed by atoms with van der Waals surface area (Å²) in [5.74, 6) is -0.110. The molecule has 0 spiro atoms. The van der Waals surface area contributed by atoms with Crippen LogP contribution < -0.4 is 5.32 Å². The van der Waals surface area contributed by atoms with Crippen molar-refractivity contribution in [2.24, 2.45) is 0 Å². The average molecular weight is 365 g/mol. The smallest absolute Gasteiger partial charge is 0.179 e. The molecular weight excluding hydrogens is 342 g/mol. The van der Waals surface area contributed by atoms with Crippen LogP contribution in [0.1, 0.15) is 24.2 Å². The average Bonchev–Trinajstić information content (AvgIpc) is 2.54. The number of nitrogens with one attached hydrogen (secondary N) is 1. The molecule has 4 N–H and O–H groups in total. The van der Waals surface area contributed by atoms with Gasteiger partial charge in [-0.3, -0.25) is 0 Å². The van der Waals surface area contributed by atoms with E-state index in [9.17, 15) is 23.7 Å². The standard InChI is InChI=1S/C18H23NO5S/c1-12(9-13-3-6-15(20)7-4-13)19-11-17(22)14-5-8-16(21)18(10-14)25(2,23)24/h3-8,10,12,17,19-22H,9,11H2,1-2H3. The lowest BCUT2D eigenvalue weighted by Gasteiger charge is -2.18. The summed E-state index contributed by atoms with van der Waals surface area (Å²) in [5, 5.41) is 32.4. The minimum atomic E-state index is -3.57. The summed E-state index contributed by atoms with van der Waals surface area (Å²) in [6.45, 7) is 2.21. The van der Waals surface area contributed by atoms with Gasteiger partial charge in [0.1, 0.15) is 16.4 Å². The Kier molecular flexibility index (Phi) is 6.05. The van der Waals surface area contributed by atoms with E-state index < -0.39 is 15.9 Å². The molecule has 0 aliphatic carbocycles. The number of rotatable bonds is 7. The summed E-state index contributed by atoms with van der Waals surface area (Å²) in [6, 6.07) is 11.1. The Morgan fingerprint density at radius 1 is 1.08 bits per heavy atom. The largest absolute Gasteiger partial charge is 0.508 e. The second-order valence-corrected chi connectivity index (χ2v) is 8.18. The van der Waals surface area contributed by atoms with Crippen LogP contribution in [-0.4, -0.2) is 42.6 Å². The third kappa shape index (κ3) is 5.45. The number of hydrogen-bond donors (Lipinski definition) is 4. The van der Waals surface area contributed by atoms with Gasteiger partial charge in [-0.1, -0.05) is 18.2 Å². The number of benzene rings is 2. The number of hydrogen-bond acceptors (Lipinski definition) is 6. The Morgan fingerprint density at radius 2 is 1.72 bits per heavy atom. The normalized spacial score (nSPS) is 14.2. The maximum Gasteiger partial charge on any atom is 0.179 e. The number of phenols is 2. The van der Waals surface area contributed by atoms with E-state index in [0.29, 0.717) is 5.56 Å². The molecule has 136 valence electrons. The van der Waals surface area contributed by atoms with Gasteiger partial charge in [-0.15, -0.1) is 0 Å². The first-order valence-corrected chi connectivity index (χ1v) is 9.78. The van der Waals surface area contributed by atoms with Crippen molar-refractivity contribution in [1.29, 1.82) is 0 Å². The molecule has 7 heteroatoms. The summed E-state index contributed by atoms with van der Waals surface area (Å²) < 4.78 is 23.3. The fraction of sp³-hybridized carbons (Fsp3) is 0.333. The van der Waals surface area contributed by atoms with Gasteiger partial charge in [-0.25, -0.2) is 8.42 Å². The van der Waals surface area contributed by atoms with Crippen LogP contribution in [0, 0.1) is 0 Å². The van der Waals surface area contributed by atoms with Crippen molar-refractivity contribution in [2.45, 2.75) is 30.4 Å². The van der Waals surface area contributed by atoms with E-state index >= 15 is 0 Å². The molecule has 0 saturated carbocycles. The summed E-state index contributed by atoms with van der Waals surface area (Å²) in [4.78, 5) is -0.193. The molecule has 0 aromatic heterocycles. The van der Waals surface area contributed by atoms with Crippen molar-refractivity contribution in [1.82, 2.24) is 5.32 Å². The zero-order chi connectivity index (χ0) is 18.6. The minimum Gasteiger partial charge on any atom is -0.508 e. The van der Waals surface area contributed by atoms with Crippen LogP contribution in [0.3, 0.4) is 0 Å². The highest BCUT2D eigenvalue weighted by Crippen LogP contribution is 2.26. The lowest BCUT2D eigenvalue weighted by Crippen LogP contribution is -2.32. The molecule has 0 fully saturated rings. The molecule has 2 rings (SSSR count). The van der Waals surface area contributed by atoms with E-state index in [4.69, 9.17) is 0 Å². The van der Waals surface area contributed by atoms with Crippen molar-refractivity contribution in [3.8, 4) is 11.5 Å². The predicted molar refractivity (Wildman–Crippen MR) is 95.5 cm³/mol. The van der Waals surface area contributed by atoms with Crippen LogP contribution in [0.25, 0.3) is 0 Å². The SMILES string of the molecule is CC(Cc1ccc(O)cc1)NCC(O)c1ccc(O)c(S(C)(=O)=O)c1. The van der Waals surface area contributed by atoms with Gasteiger partial charge in [0, 0.05) is 18.8 Å².